The maximum Gasteiger partial charge on any atom is 0.416 e. The van der Waals surface area contributed by atoms with Crippen LogP contribution in [-0.4, -0.2) is 39.5 Å². The quantitative estimate of drug-likeness (QED) is 0.819. The van der Waals surface area contributed by atoms with Crippen molar-refractivity contribution in [1.29, 1.82) is 0 Å². The second-order valence-electron chi connectivity index (χ2n) is 6.61. The number of aliphatic hydroxyl groups excluding tert-OH is 1. The molecule has 1 atom stereocenters. The predicted octanol–water partition coefficient (Wildman–Crippen LogP) is 3.41. The third-order valence-corrected chi connectivity index (χ3v) is 4.68. The van der Waals surface area contributed by atoms with E-state index in [1.54, 1.807) is 10.9 Å². The van der Waals surface area contributed by atoms with Gasteiger partial charge in [0.25, 0.3) is 0 Å². The molecule has 142 valence electrons. The smallest absolute Gasteiger partial charge is 0.394 e. The number of nitrogens with zero attached hydrogens (tertiary/aromatic N) is 3. The molecule has 0 unspecified atom stereocenters. The van der Waals surface area contributed by atoms with Gasteiger partial charge < -0.3 is 5.11 Å². The summed E-state index contributed by atoms with van der Waals surface area (Å²) in [4.78, 5) is 1.97. The van der Waals surface area contributed by atoms with Gasteiger partial charge >= 0.3 is 6.18 Å². The Hall–Kier alpha value is -1.93. The summed E-state index contributed by atoms with van der Waals surface area (Å²) in [5, 5.41) is 13.4. The summed E-state index contributed by atoms with van der Waals surface area (Å²) in [5.41, 5.74) is 0.129. The normalized spacial score (nSPS) is 19.0. The molecule has 0 radical (unpaired) electrons. The highest BCUT2D eigenvalue weighted by atomic mass is 19.4. The second kappa shape index (κ2) is 7.75. The summed E-state index contributed by atoms with van der Waals surface area (Å²) in [6.07, 6.45) is -0.876. The monoisotopic (exact) mass is 371 g/mol. The molecule has 0 aliphatic carbocycles. The van der Waals surface area contributed by atoms with Crippen LogP contribution in [0.3, 0.4) is 0 Å². The van der Waals surface area contributed by atoms with Gasteiger partial charge in [-0.05, 0) is 43.7 Å². The Morgan fingerprint density at radius 1 is 1.23 bits per heavy atom. The SMILES string of the molecule is OCCn1ccc([C@H]2CCCN(Cc3cc(C(F)(F)F)ccc3F)C2)n1. The standard InChI is InChI=1S/C18H21F4N3O/c19-16-4-3-15(18(20,21)22)10-14(16)12-24-6-1-2-13(11-24)17-5-7-25(23-17)8-9-26/h3-5,7,10,13,26H,1-2,6,8-9,11-12H2/t13-/m0/s1. The summed E-state index contributed by atoms with van der Waals surface area (Å²) in [5.74, 6) is -0.468. The lowest BCUT2D eigenvalue weighted by Gasteiger charge is -2.32. The van der Waals surface area contributed by atoms with Crippen molar-refractivity contribution in [1.82, 2.24) is 14.7 Å². The third kappa shape index (κ3) is 4.42. The molecule has 1 fully saturated rings. The van der Waals surface area contributed by atoms with E-state index < -0.39 is 17.6 Å². The first-order valence-electron chi connectivity index (χ1n) is 8.59. The predicted molar refractivity (Wildman–Crippen MR) is 88.0 cm³/mol. The van der Waals surface area contributed by atoms with Gasteiger partial charge in [-0.25, -0.2) is 4.39 Å². The van der Waals surface area contributed by atoms with Crippen LogP contribution < -0.4 is 0 Å². The van der Waals surface area contributed by atoms with Crippen LogP contribution in [0.1, 0.15) is 35.6 Å². The maximum atomic E-state index is 14.0. The Balaban J connectivity index is 1.70. The molecule has 0 amide bonds. The molecule has 1 N–H and O–H groups in total. The first-order valence-corrected chi connectivity index (χ1v) is 8.59. The van der Waals surface area contributed by atoms with Crippen molar-refractivity contribution in [2.24, 2.45) is 0 Å². The first-order chi connectivity index (χ1) is 12.4. The van der Waals surface area contributed by atoms with Gasteiger partial charge in [0.05, 0.1) is 24.4 Å². The lowest BCUT2D eigenvalue weighted by molar-refractivity contribution is -0.137. The Morgan fingerprint density at radius 2 is 2.04 bits per heavy atom. The lowest BCUT2D eigenvalue weighted by atomic mass is 9.94. The minimum Gasteiger partial charge on any atom is -0.394 e. The van der Waals surface area contributed by atoms with Crippen LogP contribution in [0.5, 0.6) is 0 Å². The lowest BCUT2D eigenvalue weighted by Crippen LogP contribution is -2.34. The van der Waals surface area contributed by atoms with Crippen molar-refractivity contribution in [3.05, 3.63) is 53.1 Å². The van der Waals surface area contributed by atoms with Crippen LogP contribution in [-0.2, 0) is 19.3 Å². The highest BCUT2D eigenvalue weighted by molar-refractivity contribution is 5.27. The van der Waals surface area contributed by atoms with E-state index >= 15 is 0 Å². The molecular formula is C18H21F4N3O. The number of piperidine rings is 1. The second-order valence-corrected chi connectivity index (χ2v) is 6.61. The van der Waals surface area contributed by atoms with Crippen LogP contribution in [0.15, 0.2) is 30.5 Å². The molecule has 8 heteroatoms. The Kier molecular flexibility index (Phi) is 5.62. The molecule has 1 aromatic carbocycles. The molecular weight excluding hydrogens is 350 g/mol. The van der Waals surface area contributed by atoms with Crippen molar-refractivity contribution in [2.45, 2.75) is 38.0 Å². The van der Waals surface area contributed by atoms with E-state index in [1.807, 2.05) is 11.0 Å². The number of likely N-dealkylation sites (tertiary alicyclic amines) is 1. The van der Waals surface area contributed by atoms with Crippen LogP contribution in [0.2, 0.25) is 0 Å². The van der Waals surface area contributed by atoms with E-state index in [0.29, 0.717) is 19.6 Å². The van der Waals surface area contributed by atoms with Crippen molar-refractivity contribution in [2.75, 3.05) is 19.7 Å². The zero-order valence-corrected chi connectivity index (χ0v) is 14.2. The number of aromatic nitrogens is 2. The number of benzene rings is 1. The minimum absolute atomic E-state index is 0.00668. The maximum absolute atomic E-state index is 14.0. The highest BCUT2D eigenvalue weighted by Gasteiger charge is 2.31. The summed E-state index contributed by atoms with van der Waals surface area (Å²) in [7, 11) is 0. The third-order valence-electron chi connectivity index (χ3n) is 4.68. The number of hydrogen-bond donors (Lipinski definition) is 1. The van der Waals surface area contributed by atoms with Crippen molar-refractivity contribution >= 4 is 0 Å². The number of hydrogen-bond acceptors (Lipinski definition) is 3. The van der Waals surface area contributed by atoms with Gasteiger partial charge in [-0.1, -0.05) is 0 Å². The number of halogens is 4. The average Bonchev–Trinajstić information content (AvgIpc) is 3.05. The number of aliphatic hydroxyl groups is 1. The van der Waals surface area contributed by atoms with Gasteiger partial charge in [-0.15, -0.1) is 0 Å². The highest BCUT2D eigenvalue weighted by Crippen LogP contribution is 2.32. The molecule has 0 spiro atoms. The van der Waals surface area contributed by atoms with Crippen molar-refractivity contribution in [3.63, 3.8) is 0 Å². The van der Waals surface area contributed by atoms with E-state index in [1.165, 1.54) is 0 Å². The van der Waals surface area contributed by atoms with Crippen LogP contribution in [0.4, 0.5) is 17.6 Å². The molecule has 1 aliphatic rings. The van der Waals surface area contributed by atoms with Crippen molar-refractivity contribution in [3.8, 4) is 0 Å². The average molecular weight is 371 g/mol. The van der Waals surface area contributed by atoms with Gasteiger partial charge in [-0.3, -0.25) is 9.58 Å². The Morgan fingerprint density at radius 3 is 2.77 bits per heavy atom. The molecule has 0 bridgehead atoms. The van der Waals surface area contributed by atoms with E-state index in [4.69, 9.17) is 5.11 Å². The molecule has 1 aliphatic heterocycles. The van der Waals surface area contributed by atoms with Gasteiger partial charge in [0, 0.05) is 30.8 Å². The van der Waals surface area contributed by atoms with E-state index in [-0.39, 0.29) is 24.6 Å². The molecule has 1 aromatic heterocycles. The van der Waals surface area contributed by atoms with Gasteiger partial charge in [0.15, 0.2) is 0 Å². The van der Waals surface area contributed by atoms with E-state index in [0.717, 1.165) is 36.7 Å². The fourth-order valence-corrected chi connectivity index (χ4v) is 3.38. The molecule has 0 saturated carbocycles. The Bertz CT molecular complexity index is 744. The summed E-state index contributed by atoms with van der Waals surface area (Å²) in [6, 6.07) is 4.45. The summed E-state index contributed by atoms with van der Waals surface area (Å²) < 4.78 is 54.2. The van der Waals surface area contributed by atoms with Gasteiger partial charge in [-0.2, -0.15) is 18.3 Å². The molecule has 2 heterocycles. The molecule has 3 rings (SSSR count). The van der Waals surface area contributed by atoms with E-state index in [2.05, 4.69) is 5.10 Å². The molecule has 1 saturated heterocycles. The zero-order chi connectivity index (χ0) is 18.7. The van der Waals surface area contributed by atoms with Gasteiger partial charge in [0.2, 0.25) is 0 Å². The van der Waals surface area contributed by atoms with Crippen LogP contribution in [0.25, 0.3) is 0 Å². The van der Waals surface area contributed by atoms with Gasteiger partial charge in [0.1, 0.15) is 5.82 Å². The number of alkyl halides is 3. The topological polar surface area (TPSA) is 41.3 Å². The molecule has 26 heavy (non-hydrogen) atoms. The Labute approximate surface area is 149 Å². The molecule has 2 aromatic rings. The fraction of sp³-hybridized carbons (Fsp3) is 0.500. The number of rotatable bonds is 5. The fourth-order valence-electron chi connectivity index (χ4n) is 3.38. The van der Waals surface area contributed by atoms with Crippen LogP contribution >= 0.6 is 0 Å². The first kappa shape index (κ1) is 18.8. The van der Waals surface area contributed by atoms with Crippen LogP contribution in [0, 0.1) is 5.82 Å². The van der Waals surface area contributed by atoms with Crippen molar-refractivity contribution < 1.29 is 22.7 Å². The minimum atomic E-state index is -4.48. The largest absolute Gasteiger partial charge is 0.416 e. The summed E-state index contributed by atoms with van der Waals surface area (Å²) >= 11 is 0. The summed E-state index contributed by atoms with van der Waals surface area (Å²) in [6.45, 7) is 1.90. The van der Waals surface area contributed by atoms with E-state index in [9.17, 15) is 17.6 Å². The zero-order valence-electron chi connectivity index (χ0n) is 14.2. The molecule has 4 nitrogen and oxygen atoms in total.